The highest BCUT2D eigenvalue weighted by Crippen LogP contribution is 2.37. The smallest absolute Gasteiger partial charge is 0.191 e. The fourth-order valence-electron chi connectivity index (χ4n) is 3.04. The summed E-state index contributed by atoms with van der Waals surface area (Å²) in [5.74, 6) is 0.458. The normalized spacial score (nSPS) is 24.8. The van der Waals surface area contributed by atoms with Crippen molar-refractivity contribution in [2.24, 2.45) is 5.92 Å². The van der Waals surface area contributed by atoms with Crippen molar-refractivity contribution in [2.75, 3.05) is 0 Å². The molecule has 0 amide bonds. The van der Waals surface area contributed by atoms with Crippen LogP contribution in [-0.2, 0) is 14.3 Å². The van der Waals surface area contributed by atoms with Crippen LogP contribution in [0.3, 0.4) is 0 Å². The molecule has 0 fully saturated rings. The molecule has 0 spiro atoms. The van der Waals surface area contributed by atoms with Crippen molar-refractivity contribution in [3.8, 4) is 0 Å². The second kappa shape index (κ2) is 5.24. The van der Waals surface area contributed by atoms with Gasteiger partial charge in [0.05, 0.1) is 5.92 Å². The minimum atomic E-state index is -0.450. The Morgan fingerprint density at radius 1 is 1.09 bits per heavy atom. The molecule has 0 N–H and O–H groups in total. The first-order chi connectivity index (χ1) is 10.4. The van der Waals surface area contributed by atoms with Crippen LogP contribution >= 0.6 is 0 Å². The van der Waals surface area contributed by atoms with Crippen molar-refractivity contribution in [3.63, 3.8) is 0 Å². The summed E-state index contributed by atoms with van der Waals surface area (Å²) in [6.07, 6.45) is 1.61. The first-order valence-electron chi connectivity index (χ1n) is 7.62. The zero-order chi connectivity index (χ0) is 16.0. The molecule has 0 aromatic heterocycles. The van der Waals surface area contributed by atoms with Gasteiger partial charge < -0.3 is 4.74 Å². The Kier molecular flexibility index (Phi) is 3.51. The van der Waals surface area contributed by atoms with Gasteiger partial charge in [-0.05, 0) is 38.0 Å². The minimum absolute atomic E-state index is 0.00354. The van der Waals surface area contributed by atoms with Crippen molar-refractivity contribution >= 4 is 17.3 Å². The summed E-state index contributed by atoms with van der Waals surface area (Å²) < 4.78 is 6.11. The van der Waals surface area contributed by atoms with Crippen molar-refractivity contribution in [2.45, 2.75) is 40.2 Å². The van der Waals surface area contributed by atoms with Crippen LogP contribution in [0.2, 0.25) is 0 Å². The van der Waals surface area contributed by atoms with Crippen LogP contribution in [0.15, 0.2) is 35.4 Å². The van der Waals surface area contributed by atoms with Crippen LogP contribution in [-0.4, -0.2) is 17.7 Å². The van der Waals surface area contributed by atoms with Gasteiger partial charge in [-0.2, -0.15) is 0 Å². The second-order valence-corrected chi connectivity index (χ2v) is 6.24. The van der Waals surface area contributed by atoms with E-state index in [1.54, 1.807) is 13.0 Å². The molecular weight excluding hydrogens is 276 g/mol. The predicted molar refractivity (Wildman–Crippen MR) is 85.3 cm³/mol. The topological polar surface area (TPSA) is 43.4 Å². The van der Waals surface area contributed by atoms with Gasteiger partial charge in [-0.15, -0.1) is 0 Å². The Morgan fingerprint density at radius 3 is 2.50 bits per heavy atom. The second-order valence-electron chi connectivity index (χ2n) is 6.24. The Labute approximate surface area is 130 Å². The lowest BCUT2D eigenvalue weighted by Crippen LogP contribution is -2.39. The van der Waals surface area contributed by atoms with Gasteiger partial charge in [0.1, 0.15) is 17.6 Å². The molecule has 1 aromatic carbocycles. The third-order valence-corrected chi connectivity index (χ3v) is 4.75. The zero-order valence-corrected chi connectivity index (χ0v) is 13.4. The highest BCUT2D eigenvalue weighted by molar-refractivity contribution is 6.15. The van der Waals surface area contributed by atoms with Gasteiger partial charge in [-0.1, -0.05) is 25.1 Å². The molecule has 0 radical (unpaired) electrons. The number of allylic oxidation sites excluding steroid dienone is 2. The fraction of sp³-hybridized carbons (Fsp3) is 0.368. The third kappa shape index (κ3) is 2.21. The van der Waals surface area contributed by atoms with Crippen LogP contribution in [0.1, 0.15) is 37.0 Å². The highest BCUT2D eigenvalue weighted by atomic mass is 16.5. The zero-order valence-electron chi connectivity index (χ0n) is 13.4. The molecule has 1 aliphatic heterocycles. The van der Waals surface area contributed by atoms with Gasteiger partial charge in [-0.25, -0.2) is 0 Å². The maximum absolute atomic E-state index is 12.6. The van der Waals surface area contributed by atoms with E-state index in [0.717, 1.165) is 11.1 Å². The summed E-state index contributed by atoms with van der Waals surface area (Å²) in [4.78, 5) is 24.6. The van der Waals surface area contributed by atoms with Gasteiger partial charge in [0, 0.05) is 23.1 Å². The van der Waals surface area contributed by atoms with Crippen LogP contribution in [0.25, 0.3) is 5.76 Å². The lowest BCUT2D eigenvalue weighted by molar-refractivity contribution is -0.125. The summed E-state index contributed by atoms with van der Waals surface area (Å²) in [5.41, 5.74) is 4.51. The molecule has 114 valence electrons. The summed E-state index contributed by atoms with van der Waals surface area (Å²) in [7, 11) is 0. The molecule has 2 aliphatic rings. The van der Waals surface area contributed by atoms with Crippen LogP contribution in [0.5, 0.6) is 0 Å². The third-order valence-electron chi connectivity index (χ3n) is 4.75. The number of Topliss-reactive ketones (excluding diaryl/α,β-unsaturated/α-hetero) is 2. The van der Waals surface area contributed by atoms with Gasteiger partial charge in [-0.3, -0.25) is 9.59 Å². The summed E-state index contributed by atoms with van der Waals surface area (Å²) in [5, 5.41) is 0. The number of fused-ring (bicyclic) bond motifs is 1. The molecule has 0 bridgehead atoms. The molecular formula is C19H20O3. The number of benzene rings is 1. The molecule has 1 aromatic rings. The van der Waals surface area contributed by atoms with E-state index in [1.165, 1.54) is 5.56 Å². The monoisotopic (exact) mass is 296 g/mol. The van der Waals surface area contributed by atoms with Crippen molar-refractivity contribution in [3.05, 3.63) is 52.1 Å². The molecule has 3 heteroatoms. The van der Waals surface area contributed by atoms with E-state index in [9.17, 15) is 9.59 Å². The van der Waals surface area contributed by atoms with Gasteiger partial charge >= 0.3 is 0 Å². The first-order valence-corrected chi connectivity index (χ1v) is 7.62. The summed E-state index contributed by atoms with van der Waals surface area (Å²) in [6, 6.07) is 6.03. The minimum Gasteiger partial charge on any atom is -0.484 e. The predicted octanol–water partition coefficient (Wildman–Crippen LogP) is 3.54. The Hall–Kier alpha value is -2.16. The number of ether oxygens (including phenoxy) is 1. The quantitative estimate of drug-likeness (QED) is 0.796. The molecule has 3 rings (SSSR count). The number of hydrogen-bond donors (Lipinski definition) is 0. The maximum atomic E-state index is 12.6. The Bertz CT molecular complexity index is 737. The first kappa shape index (κ1) is 14.8. The van der Waals surface area contributed by atoms with E-state index in [1.807, 2.05) is 32.0 Å². The van der Waals surface area contributed by atoms with E-state index in [2.05, 4.69) is 6.92 Å². The summed E-state index contributed by atoms with van der Waals surface area (Å²) in [6.45, 7) is 7.73. The Morgan fingerprint density at radius 2 is 1.82 bits per heavy atom. The van der Waals surface area contributed by atoms with Crippen LogP contribution in [0, 0.1) is 19.8 Å². The lowest BCUT2D eigenvalue weighted by atomic mass is 9.80. The molecule has 1 aliphatic carbocycles. The maximum Gasteiger partial charge on any atom is 0.191 e. The van der Waals surface area contributed by atoms with Gasteiger partial charge in [0.15, 0.2) is 5.78 Å². The Balaban J connectivity index is 2.08. The number of ketones is 2. The van der Waals surface area contributed by atoms with Crippen molar-refractivity contribution < 1.29 is 14.3 Å². The molecule has 1 heterocycles. The molecule has 0 saturated carbocycles. The SMILES string of the molecule is CC1=C(c2ccc(C)c(C)c2)OC2C(=CCC(=O)C2C)C1=O. The molecule has 22 heavy (non-hydrogen) atoms. The number of aryl methyl sites for hydroxylation is 2. The summed E-state index contributed by atoms with van der Waals surface area (Å²) >= 11 is 0. The standard InChI is InChI=1S/C19H20O3/c1-10-5-6-14(9-11(10)2)18-13(4)17(21)15-7-8-16(20)12(3)19(15)22-18/h5-7,9,12,19H,8H2,1-4H3. The average Bonchev–Trinajstić information content (AvgIpc) is 2.49. The number of carbonyl (C=O) groups is 2. The molecule has 3 nitrogen and oxygen atoms in total. The van der Waals surface area contributed by atoms with Crippen molar-refractivity contribution in [1.29, 1.82) is 0 Å². The average molecular weight is 296 g/mol. The van der Waals surface area contributed by atoms with Gasteiger partial charge in [0.25, 0.3) is 0 Å². The highest BCUT2D eigenvalue weighted by Gasteiger charge is 2.40. The lowest BCUT2D eigenvalue weighted by Gasteiger charge is -2.34. The molecule has 2 atom stereocenters. The van der Waals surface area contributed by atoms with Gasteiger partial charge in [0.2, 0.25) is 0 Å². The molecule has 2 unspecified atom stereocenters. The fourth-order valence-corrected chi connectivity index (χ4v) is 3.04. The van der Waals surface area contributed by atoms with Crippen LogP contribution < -0.4 is 0 Å². The van der Waals surface area contributed by atoms with E-state index in [4.69, 9.17) is 4.74 Å². The van der Waals surface area contributed by atoms with E-state index in [-0.39, 0.29) is 17.5 Å². The largest absolute Gasteiger partial charge is 0.484 e. The van der Waals surface area contributed by atoms with E-state index >= 15 is 0 Å². The van der Waals surface area contributed by atoms with Crippen LogP contribution in [0.4, 0.5) is 0 Å². The van der Waals surface area contributed by atoms with E-state index in [0.29, 0.717) is 23.3 Å². The number of rotatable bonds is 1. The van der Waals surface area contributed by atoms with E-state index < -0.39 is 6.10 Å². The van der Waals surface area contributed by atoms with Crippen molar-refractivity contribution in [1.82, 2.24) is 0 Å². The molecule has 0 saturated heterocycles. The number of hydrogen-bond acceptors (Lipinski definition) is 3. The number of carbonyl (C=O) groups excluding carboxylic acids is 2.